The van der Waals surface area contributed by atoms with Gasteiger partial charge in [0.25, 0.3) is 5.91 Å². The van der Waals surface area contributed by atoms with E-state index in [9.17, 15) is 9.18 Å². The average molecular weight is 325 g/mol. The molecule has 0 aliphatic carbocycles. The van der Waals surface area contributed by atoms with Gasteiger partial charge in [-0.1, -0.05) is 12.1 Å². The van der Waals surface area contributed by atoms with Crippen LogP contribution in [-0.4, -0.2) is 10.9 Å². The van der Waals surface area contributed by atoms with E-state index in [4.69, 9.17) is 3.83 Å². The van der Waals surface area contributed by atoms with Gasteiger partial charge in [-0.3, -0.25) is 9.78 Å². The molecule has 1 aromatic heterocycles. The van der Waals surface area contributed by atoms with Crippen LogP contribution in [0.15, 0.2) is 42.7 Å². The molecule has 1 N–H and O–H groups in total. The van der Waals surface area contributed by atoms with Gasteiger partial charge in [-0.2, -0.15) is 0 Å². The zero-order chi connectivity index (χ0) is 13.7. The predicted octanol–water partition coefficient (Wildman–Crippen LogP) is 2.84. The number of carbonyl (C=O) groups excluding carboxylic acids is 1. The number of amides is 1. The van der Waals surface area contributed by atoms with Crippen molar-refractivity contribution in [2.45, 2.75) is 6.54 Å². The predicted molar refractivity (Wildman–Crippen MR) is 71.4 cm³/mol. The molecule has 0 saturated heterocycles. The molecular weight excluding hydrogens is 315 g/mol. The molecular formula is C13H10BrFN2O2. The summed E-state index contributed by atoms with van der Waals surface area (Å²) in [6.07, 6.45) is 2.93. The Morgan fingerprint density at radius 2 is 2.05 bits per heavy atom. The van der Waals surface area contributed by atoms with Crippen LogP contribution in [0.2, 0.25) is 0 Å². The molecule has 4 nitrogen and oxygen atoms in total. The van der Waals surface area contributed by atoms with Gasteiger partial charge in [0.2, 0.25) is 0 Å². The van der Waals surface area contributed by atoms with Crippen molar-refractivity contribution in [1.29, 1.82) is 0 Å². The van der Waals surface area contributed by atoms with Crippen molar-refractivity contribution in [1.82, 2.24) is 10.3 Å². The van der Waals surface area contributed by atoms with Gasteiger partial charge in [-0.25, -0.2) is 4.39 Å². The molecule has 0 atom stereocenters. The summed E-state index contributed by atoms with van der Waals surface area (Å²) in [6, 6.07) is 7.48. The van der Waals surface area contributed by atoms with E-state index in [-0.39, 0.29) is 11.7 Å². The standard InChI is InChI=1S/C13H10BrFN2O2/c14-19-12-8-16-6-5-11(12)13(18)17-7-9-1-3-10(15)4-2-9/h1-6,8H,7H2,(H,17,18). The van der Waals surface area contributed by atoms with Crippen molar-refractivity contribution in [2.75, 3.05) is 0 Å². The van der Waals surface area contributed by atoms with E-state index in [2.05, 4.69) is 26.6 Å². The lowest BCUT2D eigenvalue weighted by molar-refractivity contribution is 0.0949. The minimum Gasteiger partial charge on any atom is -0.416 e. The molecule has 0 aliphatic heterocycles. The highest BCUT2D eigenvalue weighted by molar-refractivity contribution is 9.06. The zero-order valence-corrected chi connectivity index (χ0v) is 11.4. The van der Waals surface area contributed by atoms with Crippen molar-refractivity contribution < 1.29 is 13.0 Å². The third kappa shape index (κ3) is 3.51. The molecule has 1 amide bonds. The maximum Gasteiger partial charge on any atom is 0.255 e. The van der Waals surface area contributed by atoms with Gasteiger partial charge in [0.15, 0.2) is 22.0 Å². The quantitative estimate of drug-likeness (QED) is 0.940. The molecule has 0 saturated carbocycles. The number of nitrogens with zero attached hydrogens (tertiary/aromatic N) is 1. The molecule has 0 fully saturated rings. The number of hydrogen-bond acceptors (Lipinski definition) is 3. The molecule has 2 aromatic rings. The Morgan fingerprint density at radius 3 is 2.74 bits per heavy atom. The van der Waals surface area contributed by atoms with Gasteiger partial charge in [0.05, 0.1) is 11.8 Å². The van der Waals surface area contributed by atoms with E-state index in [1.165, 1.54) is 24.5 Å². The summed E-state index contributed by atoms with van der Waals surface area (Å²) in [4.78, 5) is 15.8. The summed E-state index contributed by atoms with van der Waals surface area (Å²) in [5.74, 6) is -0.264. The first kappa shape index (κ1) is 13.5. The summed E-state index contributed by atoms with van der Waals surface area (Å²) in [5.41, 5.74) is 1.18. The van der Waals surface area contributed by atoms with Crippen molar-refractivity contribution in [3.63, 3.8) is 0 Å². The minimum atomic E-state index is -0.306. The summed E-state index contributed by atoms with van der Waals surface area (Å²) < 4.78 is 17.6. The highest BCUT2D eigenvalue weighted by Crippen LogP contribution is 2.18. The normalized spacial score (nSPS) is 10.0. The number of pyridine rings is 1. The lowest BCUT2D eigenvalue weighted by Crippen LogP contribution is -2.23. The number of carbonyl (C=O) groups is 1. The average Bonchev–Trinajstić information content (AvgIpc) is 2.46. The van der Waals surface area contributed by atoms with Crippen LogP contribution in [-0.2, 0) is 6.54 Å². The fraction of sp³-hybridized carbons (Fsp3) is 0.0769. The second kappa shape index (κ2) is 6.29. The smallest absolute Gasteiger partial charge is 0.255 e. The van der Waals surface area contributed by atoms with E-state index in [1.54, 1.807) is 18.2 Å². The molecule has 0 bridgehead atoms. The van der Waals surface area contributed by atoms with Crippen molar-refractivity contribution >= 4 is 22.2 Å². The van der Waals surface area contributed by atoms with Crippen LogP contribution in [0.25, 0.3) is 0 Å². The molecule has 0 unspecified atom stereocenters. The third-order valence-corrected chi connectivity index (χ3v) is 2.83. The van der Waals surface area contributed by atoms with Gasteiger partial charge in [-0.05, 0) is 23.8 Å². The van der Waals surface area contributed by atoms with E-state index >= 15 is 0 Å². The summed E-state index contributed by atoms with van der Waals surface area (Å²) in [7, 11) is 0. The van der Waals surface area contributed by atoms with E-state index < -0.39 is 0 Å². The summed E-state index contributed by atoms with van der Waals surface area (Å²) >= 11 is 2.82. The zero-order valence-electron chi connectivity index (χ0n) is 9.77. The van der Waals surface area contributed by atoms with Crippen LogP contribution >= 0.6 is 16.3 Å². The molecule has 2 rings (SSSR count). The maximum atomic E-state index is 12.7. The summed E-state index contributed by atoms with van der Waals surface area (Å²) in [5, 5.41) is 2.72. The molecule has 6 heteroatoms. The van der Waals surface area contributed by atoms with Gasteiger partial charge in [0, 0.05) is 12.7 Å². The summed E-state index contributed by atoms with van der Waals surface area (Å²) in [6.45, 7) is 0.309. The fourth-order valence-corrected chi connectivity index (χ4v) is 1.77. The molecule has 19 heavy (non-hydrogen) atoms. The molecule has 0 aliphatic rings. The second-order valence-electron chi connectivity index (χ2n) is 3.76. The molecule has 98 valence electrons. The molecule has 1 aromatic carbocycles. The van der Waals surface area contributed by atoms with Crippen LogP contribution in [0.5, 0.6) is 5.75 Å². The van der Waals surface area contributed by atoms with Crippen LogP contribution in [0.1, 0.15) is 15.9 Å². The Kier molecular flexibility index (Phi) is 4.46. The number of benzene rings is 1. The first-order valence-electron chi connectivity index (χ1n) is 5.46. The van der Waals surface area contributed by atoms with Crippen molar-refractivity contribution in [2.24, 2.45) is 0 Å². The number of hydrogen-bond donors (Lipinski definition) is 1. The second-order valence-corrected chi connectivity index (χ2v) is 4.08. The Bertz CT molecular complexity index is 575. The Balaban J connectivity index is 2.03. The number of rotatable bonds is 4. The van der Waals surface area contributed by atoms with Crippen molar-refractivity contribution in [3.8, 4) is 5.75 Å². The molecule has 0 radical (unpaired) electrons. The SMILES string of the molecule is O=C(NCc1ccc(F)cc1)c1ccncc1OBr. The third-order valence-electron chi connectivity index (χ3n) is 2.48. The van der Waals surface area contributed by atoms with Crippen molar-refractivity contribution in [3.05, 3.63) is 59.7 Å². The van der Waals surface area contributed by atoms with Gasteiger partial charge < -0.3 is 9.15 Å². The van der Waals surface area contributed by atoms with E-state index in [0.29, 0.717) is 17.9 Å². The maximum absolute atomic E-state index is 12.7. The van der Waals surface area contributed by atoms with Gasteiger partial charge in [-0.15, -0.1) is 0 Å². The van der Waals surface area contributed by atoms with Crippen LogP contribution < -0.4 is 9.15 Å². The fourth-order valence-electron chi connectivity index (χ4n) is 1.51. The lowest BCUT2D eigenvalue weighted by atomic mass is 10.2. The van der Waals surface area contributed by atoms with E-state index in [1.807, 2.05) is 0 Å². The highest BCUT2D eigenvalue weighted by atomic mass is 79.9. The van der Waals surface area contributed by atoms with E-state index in [0.717, 1.165) is 5.56 Å². The van der Waals surface area contributed by atoms with Gasteiger partial charge >= 0.3 is 0 Å². The largest absolute Gasteiger partial charge is 0.416 e. The Morgan fingerprint density at radius 1 is 1.32 bits per heavy atom. The van der Waals surface area contributed by atoms with Gasteiger partial charge in [0.1, 0.15) is 5.82 Å². The topological polar surface area (TPSA) is 51.2 Å². The van der Waals surface area contributed by atoms with Crippen LogP contribution in [0, 0.1) is 5.82 Å². The Hall–Kier alpha value is -1.95. The first-order valence-corrected chi connectivity index (χ1v) is 6.10. The molecule has 1 heterocycles. The number of halogens is 2. The minimum absolute atomic E-state index is 0.291. The first-order chi connectivity index (χ1) is 9.20. The number of nitrogens with one attached hydrogen (secondary N) is 1. The molecule has 0 spiro atoms. The highest BCUT2D eigenvalue weighted by Gasteiger charge is 2.11. The monoisotopic (exact) mass is 324 g/mol. The Labute approximate surface area is 118 Å². The lowest BCUT2D eigenvalue weighted by Gasteiger charge is -2.07. The van der Waals surface area contributed by atoms with Crippen LogP contribution in [0.3, 0.4) is 0 Å². The number of aromatic nitrogens is 1. The van der Waals surface area contributed by atoms with Crippen LogP contribution in [0.4, 0.5) is 4.39 Å².